The Labute approximate surface area is 164 Å². The number of amides is 1. The van der Waals surface area contributed by atoms with Gasteiger partial charge in [0.15, 0.2) is 0 Å². The lowest BCUT2D eigenvalue weighted by molar-refractivity contribution is -0.129. The standard InChI is InChI=1S/C19H17ClF2N4O2/c1-25(2)16(27)9-14(23)18-24-15-5-3-4-13(20)17(15)19(28)26(18)12-7-10(21)6-11(22)8-12/h3-8,14H,9,23H2,1-2H3. The molecule has 6 nitrogen and oxygen atoms in total. The number of fused-ring (bicyclic) bond motifs is 1. The predicted octanol–water partition coefficient (Wildman–Crippen LogP) is 2.80. The second-order valence-corrected chi connectivity index (χ2v) is 6.88. The minimum atomic E-state index is -0.989. The number of aromatic nitrogens is 2. The number of halogens is 3. The summed E-state index contributed by atoms with van der Waals surface area (Å²) in [5.74, 6) is -2.03. The molecule has 3 rings (SSSR count). The summed E-state index contributed by atoms with van der Waals surface area (Å²) in [6.07, 6.45) is -0.149. The van der Waals surface area contributed by atoms with Crippen LogP contribution in [0.15, 0.2) is 41.2 Å². The molecule has 0 aliphatic carbocycles. The van der Waals surface area contributed by atoms with Gasteiger partial charge in [-0.25, -0.2) is 13.8 Å². The molecule has 1 heterocycles. The maximum Gasteiger partial charge on any atom is 0.267 e. The molecule has 146 valence electrons. The van der Waals surface area contributed by atoms with Gasteiger partial charge in [-0.2, -0.15) is 0 Å². The third-order valence-corrected chi connectivity index (χ3v) is 4.52. The summed E-state index contributed by atoms with van der Waals surface area (Å²) in [6, 6.07) is 6.37. The summed E-state index contributed by atoms with van der Waals surface area (Å²) < 4.78 is 28.6. The van der Waals surface area contributed by atoms with E-state index in [4.69, 9.17) is 17.3 Å². The largest absolute Gasteiger partial charge is 0.349 e. The van der Waals surface area contributed by atoms with E-state index in [0.717, 1.165) is 16.7 Å². The Morgan fingerprint density at radius 2 is 1.89 bits per heavy atom. The van der Waals surface area contributed by atoms with Crippen LogP contribution in [0, 0.1) is 11.6 Å². The molecule has 0 fully saturated rings. The molecule has 9 heteroatoms. The van der Waals surface area contributed by atoms with Gasteiger partial charge in [0.05, 0.1) is 27.7 Å². The topological polar surface area (TPSA) is 81.2 Å². The first kappa shape index (κ1) is 19.9. The molecule has 28 heavy (non-hydrogen) atoms. The van der Waals surface area contributed by atoms with Gasteiger partial charge < -0.3 is 10.6 Å². The Morgan fingerprint density at radius 1 is 1.25 bits per heavy atom. The zero-order chi connectivity index (χ0) is 20.6. The average Bonchev–Trinajstić information content (AvgIpc) is 2.60. The smallest absolute Gasteiger partial charge is 0.267 e. The van der Waals surface area contributed by atoms with E-state index in [1.165, 1.54) is 11.0 Å². The average molecular weight is 407 g/mol. The number of carbonyl (C=O) groups excluding carboxylic acids is 1. The van der Waals surface area contributed by atoms with Crippen molar-refractivity contribution in [2.75, 3.05) is 14.1 Å². The second kappa shape index (κ2) is 7.65. The molecule has 0 saturated carbocycles. The Morgan fingerprint density at radius 3 is 2.50 bits per heavy atom. The minimum absolute atomic E-state index is 0.0000309. The van der Waals surface area contributed by atoms with Crippen molar-refractivity contribution in [1.82, 2.24) is 14.5 Å². The van der Waals surface area contributed by atoms with Crippen molar-refractivity contribution in [1.29, 1.82) is 0 Å². The molecule has 0 radical (unpaired) electrons. The quantitative estimate of drug-likeness (QED) is 0.722. The zero-order valence-corrected chi connectivity index (χ0v) is 15.9. The van der Waals surface area contributed by atoms with Crippen molar-refractivity contribution >= 4 is 28.4 Å². The van der Waals surface area contributed by atoms with E-state index in [-0.39, 0.29) is 39.8 Å². The van der Waals surface area contributed by atoms with E-state index in [2.05, 4.69) is 4.98 Å². The first-order chi connectivity index (χ1) is 13.2. The van der Waals surface area contributed by atoms with Gasteiger partial charge in [0, 0.05) is 26.6 Å². The highest BCUT2D eigenvalue weighted by Crippen LogP contribution is 2.24. The molecule has 1 amide bonds. The van der Waals surface area contributed by atoms with Crippen LogP contribution in [0.2, 0.25) is 5.02 Å². The van der Waals surface area contributed by atoms with E-state index in [9.17, 15) is 18.4 Å². The van der Waals surface area contributed by atoms with Crippen LogP contribution >= 0.6 is 11.6 Å². The number of benzene rings is 2. The van der Waals surface area contributed by atoms with E-state index in [0.29, 0.717) is 6.07 Å². The van der Waals surface area contributed by atoms with Crippen molar-refractivity contribution in [2.45, 2.75) is 12.5 Å². The molecule has 0 bridgehead atoms. The summed E-state index contributed by atoms with van der Waals surface area (Å²) in [6.45, 7) is 0. The lowest BCUT2D eigenvalue weighted by atomic mass is 10.1. The fourth-order valence-electron chi connectivity index (χ4n) is 2.84. The van der Waals surface area contributed by atoms with Gasteiger partial charge in [-0.05, 0) is 24.3 Å². The lowest BCUT2D eigenvalue weighted by Gasteiger charge is -2.20. The van der Waals surface area contributed by atoms with Crippen LogP contribution in [0.5, 0.6) is 0 Å². The first-order valence-corrected chi connectivity index (χ1v) is 8.70. The van der Waals surface area contributed by atoms with Crippen LogP contribution < -0.4 is 11.3 Å². The van der Waals surface area contributed by atoms with Gasteiger partial charge in [-0.15, -0.1) is 0 Å². The highest BCUT2D eigenvalue weighted by molar-refractivity contribution is 6.35. The Hall–Kier alpha value is -2.84. The van der Waals surface area contributed by atoms with Crippen LogP contribution in [0.1, 0.15) is 18.3 Å². The molecule has 2 N–H and O–H groups in total. The number of hydrogen-bond donors (Lipinski definition) is 1. The molecular formula is C19H17ClF2N4O2. The third-order valence-electron chi connectivity index (χ3n) is 4.20. The maximum atomic E-state index is 13.8. The fourth-order valence-corrected chi connectivity index (χ4v) is 3.09. The van der Waals surface area contributed by atoms with Gasteiger partial charge in [0.25, 0.3) is 5.56 Å². The molecule has 1 aromatic heterocycles. The monoisotopic (exact) mass is 406 g/mol. The highest BCUT2D eigenvalue weighted by Gasteiger charge is 2.23. The van der Waals surface area contributed by atoms with E-state index in [1.807, 2.05) is 0 Å². The van der Waals surface area contributed by atoms with Crippen LogP contribution in [-0.4, -0.2) is 34.5 Å². The number of nitrogens with zero attached hydrogens (tertiary/aromatic N) is 3. The zero-order valence-electron chi connectivity index (χ0n) is 15.1. The molecule has 0 spiro atoms. The third kappa shape index (κ3) is 3.74. The first-order valence-electron chi connectivity index (χ1n) is 8.32. The van der Waals surface area contributed by atoms with E-state index < -0.39 is 23.2 Å². The maximum absolute atomic E-state index is 13.8. The Balaban J connectivity index is 2.32. The van der Waals surface area contributed by atoms with Gasteiger partial charge in [-0.1, -0.05) is 17.7 Å². The van der Waals surface area contributed by atoms with Gasteiger partial charge in [-0.3, -0.25) is 14.2 Å². The van der Waals surface area contributed by atoms with Crippen LogP contribution in [-0.2, 0) is 4.79 Å². The predicted molar refractivity (Wildman–Crippen MR) is 103 cm³/mol. The number of nitrogens with two attached hydrogens (primary N) is 1. The number of carbonyl (C=O) groups is 1. The molecule has 0 aliphatic heterocycles. The van der Waals surface area contributed by atoms with Crippen molar-refractivity contribution in [2.24, 2.45) is 5.73 Å². The van der Waals surface area contributed by atoms with Crippen molar-refractivity contribution in [3.63, 3.8) is 0 Å². The summed E-state index contributed by atoms with van der Waals surface area (Å²) in [5.41, 5.74) is 5.69. The van der Waals surface area contributed by atoms with Crippen LogP contribution in [0.3, 0.4) is 0 Å². The SMILES string of the molecule is CN(C)C(=O)CC(N)c1nc2cccc(Cl)c2c(=O)n1-c1cc(F)cc(F)c1. The summed E-state index contributed by atoms with van der Waals surface area (Å²) in [5, 5.41) is 0.230. The molecule has 1 unspecified atom stereocenters. The van der Waals surface area contributed by atoms with Crippen molar-refractivity contribution in [3.8, 4) is 5.69 Å². The fraction of sp³-hybridized carbons (Fsp3) is 0.211. The molecule has 3 aromatic rings. The van der Waals surface area contributed by atoms with Gasteiger partial charge in [0.1, 0.15) is 17.5 Å². The van der Waals surface area contributed by atoms with Crippen LogP contribution in [0.4, 0.5) is 8.78 Å². The van der Waals surface area contributed by atoms with E-state index >= 15 is 0 Å². The number of rotatable bonds is 4. The van der Waals surface area contributed by atoms with Crippen molar-refractivity contribution in [3.05, 3.63) is 69.2 Å². The summed E-state index contributed by atoms with van der Waals surface area (Å²) in [7, 11) is 3.13. The Bertz CT molecular complexity index is 1110. The highest BCUT2D eigenvalue weighted by atomic mass is 35.5. The van der Waals surface area contributed by atoms with Crippen LogP contribution in [0.25, 0.3) is 16.6 Å². The molecule has 0 aliphatic rings. The lowest BCUT2D eigenvalue weighted by Crippen LogP contribution is -2.32. The minimum Gasteiger partial charge on any atom is -0.349 e. The summed E-state index contributed by atoms with van der Waals surface area (Å²) >= 11 is 6.15. The van der Waals surface area contributed by atoms with Gasteiger partial charge in [0.2, 0.25) is 5.91 Å². The molecule has 2 aromatic carbocycles. The molecule has 1 atom stereocenters. The Kier molecular flexibility index (Phi) is 5.44. The second-order valence-electron chi connectivity index (χ2n) is 6.47. The van der Waals surface area contributed by atoms with Gasteiger partial charge >= 0.3 is 0 Å². The number of hydrogen-bond acceptors (Lipinski definition) is 4. The molecular weight excluding hydrogens is 390 g/mol. The van der Waals surface area contributed by atoms with E-state index in [1.54, 1.807) is 26.2 Å². The molecule has 0 saturated heterocycles. The normalized spacial score (nSPS) is 12.2. The van der Waals surface area contributed by atoms with Crippen molar-refractivity contribution < 1.29 is 13.6 Å². The summed E-state index contributed by atoms with van der Waals surface area (Å²) in [4.78, 5) is 31.0.